The summed E-state index contributed by atoms with van der Waals surface area (Å²) < 4.78 is 46.1. The molecule has 0 aliphatic carbocycles. The van der Waals surface area contributed by atoms with Crippen LogP contribution in [0.2, 0.25) is 0 Å². The summed E-state index contributed by atoms with van der Waals surface area (Å²) in [6, 6.07) is 7.54. The Hall–Kier alpha value is -2.50. The van der Waals surface area contributed by atoms with Crippen LogP contribution in [0.1, 0.15) is 29.7 Å². The van der Waals surface area contributed by atoms with Crippen molar-refractivity contribution in [1.29, 1.82) is 0 Å². The van der Waals surface area contributed by atoms with Crippen molar-refractivity contribution in [3.63, 3.8) is 0 Å². The Kier molecular flexibility index (Phi) is 6.00. The van der Waals surface area contributed by atoms with Gasteiger partial charge in [-0.05, 0) is 36.1 Å². The fourth-order valence-corrected chi connectivity index (χ4v) is 5.97. The molecule has 1 aromatic heterocycles. The summed E-state index contributed by atoms with van der Waals surface area (Å²) >= 11 is 1.53. The van der Waals surface area contributed by atoms with Gasteiger partial charge in [-0.1, -0.05) is 17.3 Å². The van der Waals surface area contributed by atoms with Crippen LogP contribution in [0, 0.1) is 12.7 Å². The first kappa shape index (κ1) is 21.7. The van der Waals surface area contributed by atoms with E-state index < -0.39 is 27.5 Å². The molecule has 4 rings (SSSR count). The van der Waals surface area contributed by atoms with Gasteiger partial charge in [0.15, 0.2) is 0 Å². The van der Waals surface area contributed by atoms with Crippen LogP contribution < -0.4 is 5.32 Å². The summed E-state index contributed by atoms with van der Waals surface area (Å²) in [5, 5.41) is 8.46. The Labute approximate surface area is 183 Å². The summed E-state index contributed by atoms with van der Waals surface area (Å²) in [7, 11) is -3.82. The fourth-order valence-electron chi connectivity index (χ4n) is 3.65. The van der Waals surface area contributed by atoms with E-state index in [2.05, 4.69) is 10.5 Å². The van der Waals surface area contributed by atoms with Gasteiger partial charge in [0.25, 0.3) is 0 Å². The number of sulfonamides is 1. The fraction of sp³-hybridized carbons (Fsp3) is 0.400. The highest BCUT2D eigenvalue weighted by Crippen LogP contribution is 2.36. The average molecular weight is 468 g/mol. The van der Waals surface area contributed by atoms with Crippen molar-refractivity contribution < 1.29 is 27.2 Å². The zero-order chi connectivity index (χ0) is 22.1. The maximum absolute atomic E-state index is 13.6. The largest absolute Gasteiger partial charge is 0.414 e. The van der Waals surface area contributed by atoms with Gasteiger partial charge >= 0.3 is 6.09 Å². The molecule has 2 aliphatic rings. The zero-order valence-electron chi connectivity index (χ0n) is 16.8. The smallest absolute Gasteiger partial charge is 0.392 e. The number of hydrogen-bond acceptors (Lipinski definition) is 7. The molecule has 0 unspecified atom stereocenters. The second-order valence-corrected chi connectivity index (χ2v) is 10.5. The van der Waals surface area contributed by atoms with Gasteiger partial charge in [-0.2, -0.15) is 4.31 Å². The third-order valence-corrected chi connectivity index (χ3v) is 8.33. The molecule has 0 radical (unpaired) electrons. The number of piperidine rings is 1. The summed E-state index contributed by atoms with van der Waals surface area (Å²) in [6.45, 7) is 2.40. The number of nitrogens with one attached hydrogen (secondary N) is 1. The molecule has 2 aliphatic heterocycles. The van der Waals surface area contributed by atoms with E-state index in [9.17, 15) is 17.6 Å². The summed E-state index contributed by atoms with van der Waals surface area (Å²) in [6.07, 6.45) is 0.433. The molecule has 11 heteroatoms. The van der Waals surface area contributed by atoms with Crippen molar-refractivity contribution in [2.45, 2.75) is 43.2 Å². The van der Waals surface area contributed by atoms with E-state index in [-0.39, 0.29) is 30.3 Å². The average Bonchev–Trinajstić information content (AvgIpc) is 3.39. The minimum Gasteiger partial charge on any atom is -0.392 e. The third-order valence-electron chi connectivity index (χ3n) is 5.41. The van der Waals surface area contributed by atoms with Crippen molar-refractivity contribution in [1.82, 2.24) is 9.62 Å². The highest BCUT2D eigenvalue weighted by atomic mass is 32.2. The topological polar surface area (TPSA) is 97.3 Å². The molecule has 1 amide bonds. The molecular weight excluding hydrogens is 445 g/mol. The molecule has 8 nitrogen and oxygen atoms in total. The number of carbonyl (C=O) groups excluding carboxylic acids is 1. The van der Waals surface area contributed by atoms with Crippen LogP contribution in [0.5, 0.6) is 0 Å². The number of alkyl carbamates (subject to hydrolysis) is 1. The number of thiophene rings is 1. The number of ether oxygens (including phenoxy) is 1. The van der Waals surface area contributed by atoms with Crippen molar-refractivity contribution >= 4 is 33.4 Å². The van der Waals surface area contributed by atoms with Gasteiger partial charge in [0.05, 0.1) is 17.9 Å². The Morgan fingerprint density at radius 2 is 2.13 bits per heavy atom. The van der Waals surface area contributed by atoms with Crippen LogP contribution in [0.3, 0.4) is 0 Å². The number of rotatable bonds is 4. The van der Waals surface area contributed by atoms with Crippen molar-refractivity contribution in [2.24, 2.45) is 5.16 Å². The second kappa shape index (κ2) is 8.56. The number of carbonyl (C=O) groups is 1. The predicted molar refractivity (Wildman–Crippen MR) is 113 cm³/mol. The van der Waals surface area contributed by atoms with Gasteiger partial charge in [0.1, 0.15) is 11.4 Å². The molecule has 2 aromatic rings. The monoisotopic (exact) mass is 467 g/mol. The molecule has 1 saturated heterocycles. The molecule has 1 N–H and O–H groups in total. The van der Waals surface area contributed by atoms with Crippen LogP contribution in [0.25, 0.3) is 0 Å². The van der Waals surface area contributed by atoms with Gasteiger partial charge in [-0.15, -0.1) is 11.3 Å². The Balaban J connectivity index is 1.31. The number of aryl methyl sites for hydroxylation is 1. The van der Waals surface area contributed by atoms with Gasteiger partial charge in [0, 0.05) is 30.8 Å². The van der Waals surface area contributed by atoms with E-state index in [1.165, 1.54) is 27.8 Å². The number of halogens is 1. The highest BCUT2D eigenvalue weighted by molar-refractivity contribution is 7.89. The highest BCUT2D eigenvalue weighted by Gasteiger charge is 2.45. The van der Waals surface area contributed by atoms with Gasteiger partial charge < -0.3 is 14.9 Å². The molecule has 3 heterocycles. The first-order chi connectivity index (χ1) is 14.8. The maximum atomic E-state index is 13.6. The standard InChI is InChI=1S/C20H22FN3O5S2/c1-14-4-5-15(21)11-17(14)31(26,27)24-8-6-20(7-9-24)12-18(23-29-20)28-19(25)22-13-16-3-2-10-30-16/h2-5,10-11H,6-9,12-13H2,1H3,(H,22,25). The molecule has 0 atom stereocenters. The first-order valence-corrected chi connectivity index (χ1v) is 12.1. The van der Waals surface area contributed by atoms with Gasteiger partial charge in [-0.25, -0.2) is 17.6 Å². The number of benzene rings is 1. The summed E-state index contributed by atoms with van der Waals surface area (Å²) in [4.78, 5) is 18.5. The lowest BCUT2D eigenvalue weighted by molar-refractivity contribution is -0.0506. The molecule has 1 aromatic carbocycles. The third kappa shape index (κ3) is 4.73. The lowest BCUT2D eigenvalue weighted by Crippen LogP contribution is -2.47. The van der Waals surface area contributed by atoms with E-state index >= 15 is 0 Å². The number of oxime groups is 1. The van der Waals surface area contributed by atoms with Crippen LogP contribution in [0.15, 0.2) is 45.8 Å². The Morgan fingerprint density at radius 1 is 1.35 bits per heavy atom. The molecular formula is C20H22FN3O5S2. The molecule has 0 bridgehead atoms. The molecule has 1 fully saturated rings. The van der Waals surface area contributed by atoms with Crippen LogP contribution in [0.4, 0.5) is 9.18 Å². The van der Waals surface area contributed by atoms with E-state index in [0.29, 0.717) is 24.9 Å². The molecule has 1 spiro atoms. The summed E-state index contributed by atoms with van der Waals surface area (Å²) in [5.41, 5.74) is -0.210. The van der Waals surface area contributed by atoms with Crippen molar-refractivity contribution in [3.05, 3.63) is 52.0 Å². The van der Waals surface area contributed by atoms with Crippen molar-refractivity contribution in [2.75, 3.05) is 13.1 Å². The maximum Gasteiger partial charge on any atom is 0.414 e. The number of nitrogens with zero attached hydrogens (tertiary/aromatic N) is 2. The van der Waals surface area contributed by atoms with E-state index in [1.807, 2.05) is 17.5 Å². The Morgan fingerprint density at radius 3 is 2.84 bits per heavy atom. The predicted octanol–water partition coefficient (Wildman–Crippen LogP) is 3.38. The lowest BCUT2D eigenvalue weighted by atomic mass is 9.89. The van der Waals surface area contributed by atoms with Crippen LogP contribution >= 0.6 is 11.3 Å². The molecule has 166 valence electrons. The van der Waals surface area contributed by atoms with Crippen LogP contribution in [-0.2, 0) is 26.1 Å². The second-order valence-electron chi connectivity index (χ2n) is 7.57. The quantitative estimate of drug-likeness (QED) is 0.744. The normalized spacial score (nSPS) is 18.5. The number of hydrogen-bond donors (Lipinski definition) is 1. The van der Waals surface area contributed by atoms with Gasteiger partial charge in [0.2, 0.25) is 15.9 Å². The molecule has 0 saturated carbocycles. The van der Waals surface area contributed by atoms with Gasteiger partial charge in [-0.3, -0.25) is 0 Å². The molecule has 31 heavy (non-hydrogen) atoms. The van der Waals surface area contributed by atoms with Crippen LogP contribution in [-0.4, -0.2) is 43.4 Å². The first-order valence-electron chi connectivity index (χ1n) is 9.77. The SMILES string of the molecule is Cc1ccc(F)cc1S(=O)(=O)N1CCC2(CC1)CC(OC(=O)NCc1cccs1)=NO2. The van der Waals surface area contributed by atoms with E-state index in [1.54, 1.807) is 6.92 Å². The van der Waals surface area contributed by atoms with E-state index in [4.69, 9.17) is 9.57 Å². The Bertz CT molecular complexity index is 1090. The van der Waals surface area contributed by atoms with E-state index in [0.717, 1.165) is 10.9 Å². The summed E-state index contributed by atoms with van der Waals surface area (Å²) in [5.74, 6) is -0.426. The zero-order valence-corrected chi connectivity index (χ0v) is 18.5. The lowest BCUT2D eigenvalue weighted by Gasteiger charge is -2.36. The van der Waals surface area contributed by atoms with Crippen molar-refractivity contribution in [3.8, 4) is 0 Å². The minimum absolute atomic E-state index is 0.0292. The minimum atomic E-state index is -3.82. The number of amides is 1.